The van der Waals surface area contributed by atoms with Crippen molar-refractivity contribution in [1.29, 1.82) is 5.26 Å². The molecule has 2 aliphatic rings. The van der Waals surface area contributed by atoms with Gasteiger partial charge in [0.25, 0.3) is 0 Å². The van der Waals surface area contributed by atoms with Gasteiger partial charge in [0.15, 0.2) is 0 Å². The van der Waals surface area contributed by atoms with Gasteiger partial charge in [0, 0.05) is 32.0 Å². The highest BCUT2D eigenvalue weighted by Crippen LogP contribution is 2.41. The number of carbonyl (C=O) groups excluding carboxylic acids is 2. The van der Waals surface area contributed by atoms with Gasteiger partial charge in [-0.05, 0) is 61.0 Å². The molecule has 7 heteroatoms. The fraction of sp³-hybridized carbons (Fsp3) is 0.483. The van der Waals surface area contributed by atoms with Crippen LogP contribution in [-0.2, 0) is 16.1 Å². The van der Waals surface area contributed by atoms with E-state index in [1.54, 1.807) is 0 Å². The summed E-state index contributed by atoms with van der Waals surface area (Å²) in [5.74, 6) is 0.287. The molecule has 6 nitrogen and oxygen atoms in total. The highest BCUT2D eigenvalue weighted by Gasteiger charge is 2.44. The SMILES string of the molecule is CC(C)C(=O)N[C@@H](CCN1CCC2(CC1)CC(=O)N(Cc1ccc(C#N)cc1)C2)c1ccccc1.Cl. The van der Waals surface area contributed by atoms with Crippen LogP contribution < -0.4 is 5.32 Å². The van der Waals surface area contributed by atoms with Gasteiger partial charge in [-0.2, -0.15) is 5.26 Å². The Bertz CT molecular complexity index is 1060. The number of hydrogen-bond donors (Lipinski definition) is 1. The summed E-state index contributed by atoms with van der Waals surface area (Å²) in [5.41, 5.74) is 2.94. The van der Waals surface area contributed by atoms with Crippen molar-refractivity contribution in [2.75, 3.05) is 26.2 Å². The zero-order valence-electron chi connectivity index (χ0n) is 21.3. The number of benzene rings is 2. The van der Waals surface area contributed by atoms with Crippen LogP contribution in [0.1, 0.15) is 62.3 Å². The molecule has 0 saturated carbocycles. The van der Waals surface area contributed by atoms with Crippen molar-refractivity contribution in [2.24, 2.45) is 11.3 Å². The first-order valence-corrected chi connectivity index (χ1v) is 12.7. The smallest absolute Gasteiger partial charge is 0.223 e. The maximum Gasteiger partial charge on any atom is 0.223 e. The van der Waals surface area contributed by atoms with E-state index in [4.69, 9.17) is 5.26 Å². The van der Waals surface area contributed by atoms with Gasteiger partial charge in [0.1, 0.15) is 0 Å². The third-order valence-corrected chi connectivity index (χ3v) is 7.56. The van der Waals surface area contributed by atoms with Crippen molar-refractivity contribution in [1.82, 2.24) is 15.1 Å². The third-order valence-electron chi connectivity index (χ3n) is 7.56. The van der Waals surface area contributed by atoms with Gasteiger partial charge in [-0.1, -0.05) is 56.3 Å². The number of piperidine rings is 1. The zero-order chi connectivity index (χ0) is 24.8. The minimum absolute atomic E-state index is 0. The molecule has 1 spiro atoms. The van der Waals surface area contributed by atoms with Crippen LogP contribution in [0.4, 0.5) is 0 Å². The Morgan fingerprint density at radius 2 is 1.75 bits per heavy atom. The molecule has 0 radical (unpaired) electrons. The lowest BCUT2D eigenvalue weighted by atomic mass is 9.77. The van der Waals surface area contributed by atoms with E-state index in [9.17, 15) is 9.59 Å². The number of nitrogens with one attached hydrogen (secondary N) is 1. The second-order valence-corrected chi connectivity index (χ2v) is 10.5. The Morgan fingerprint density at radius 3 is 2.36 bits per heavy atom. The molecular weight excluding hydrogens is 472 g/mol. The maximum absolute atomic E-state index is 12.8. The highest BCUT2D eigenvalue weighted by molar-refractivity contribution is 5.85. The summed E-state index contributed by atoms with van der Waals surface area (Å²) in [5, 5.41) is 12.2. The molecule has 0 aromatic heterocycles. The van der Waals surface area contributed by atoms with E-state index < -0.39 is 0 Å². The number of nitriles is 1. The Balaban J connectivity index is 0.00000361. The molecule has 0 aliphatic carbocycles. The van der Waals surface area contributed by atoms with Gasteiger partial charge in [-0.15, -0.1) is 12.4 Å². The molecule has 2 aromatic carbocycles. The van der Waals surface area contributed by atoms with Crippen LogP contribution in [-0.4, -0.2) is 47.8 Å². The second-order valence-electron chi connectivity index (χ2n) is 10.5. The summed E-state index contributed by atoms with van der Waals surface area (Å²) in [6.45, 7) is 8.18. The van der Waals surface area contributed by atoms with Gasteiger partial charge in [0.2, 0.25) is 11.8 Å². The second kappa shape index (κ2) is 12.4. The third kappa shape index (κ3) is 6.87. The molecule has 192 valence electrons. The van der Waals surface area contributed by atoms with Gasteiger partial charge < -0.3 is 15.1 Å². The van der Waals surface area contributed by atoms with Crippen molar-refractivity contribution in [3.63, 3.8) is 0 Å². The predicted molar refractivity (Wildman–Crippen MR) is 143 cm³/mol. The summed E-state index contributed by atoms with van der Waals surface area (Å²) in [7, 11) is 0. The van der Waals surface area contributed by atoms with E-state index in [0.29, 0.717) is 18.5 Å². The molecule has 0 bridgehead atoms. The molecule has 0 unspecified atom stereocenters. The normalized spacial score (nSPS) is 18.1. The predicted octanol–water partition coefficient (Wildman–Crippen LogP) is 4.70. The van der Waals surface area contributed by atoms with E-state index >= 15 is 0 Å². The molecule has 2 aliphatic heterocycles. The average molecular weight is 509 g/mol. The summed E-state index contributed by atoms with van der Waals surface area (Å²) in [6, 6.07) is 19.9. The molecule has 1 N–H and O–H groups in total. The first kappa shape index (κ1) is 27.7. The quantitative estimate of drug-likeness (QED) is 0.560. The first-order valence-electron chi connectivity index (χ1n) is 12.7. The number of nitrogens with zero attached hydrogens (tertiary/aromatic N) is 3. The molecule has 2 heterocycles. The number of rotatable bonds is 8. The number of amides is 2. The number of likely N-dealkylation sites (tertiary alicyclic amines) is 2. The molecular formula is C29H37ClN4O2. The van der Waals surface area contributed by atoms with Crippen LogP contribution in [0.25, 0.3) is 0 Å². The number of hydrogen-bond acceptors (Lipinski definition) is 4. The number of halogens is 1. The summed E-state index contributed by atoms with van der Waals surface area (Å²) in [6.07, 6.45) is 3.56. The zero-order valence-corrected chi connectivity index (χ0v) is 22.1. The minimum Gasteiger partial charge on any atom is -0.349 e. The lowest BCUT2D eigenvalue weighted by Gasteiger charge is -2.39. The summed E-state index contributed by atoms with van der Waals surface area (Å²) >= 11 is 0. The summed E-state index contributed by atoms with van der Waals surface area (Å²) in [4.78, 5) is 29.7. The van der Waals surface area contributed by atoms with Gasteiger partial charge >= 0.3 is 0 Å². The van der Waals surface area contributed by atoms with Crippen LogP contribution in [0.3, 0.4) is 0 Å². The van der Waals surface area contributed by atoms with Crippen molar-refractivity contribution >= 4 is 24.2 Å². The van der Waals surface area contributed by atoms with E-state index in [1.165, 1.54) is 0 Å². The van der Waals surface area contributed by atoms with Gasteiger partial charge in [-0.3, -0.25) is 9.59 Å². The topological polar surface area (TPSA) is 76.4 Å². The number of carbonyl (C=O) groups is 2. The average Bonchev–Trinajstić information content (AvgIpc) is 3.17. The standard InChI is InChI=1S/C29H36N4O2.ClH/c1-22(2)28(35)31-26(25-6-4-3-5-7-25)12-15-32-16-13-29(14-17-32)18-27(34)33(21-29)20-24-10-8-23(19-30)9-11-24;/h3-11,22,26H,12-18,20-21H2,1-2H3,(H,31,35);1H/t26-;/m0./s1. The van der Waals surface area contributed by atoms with Crippen LogP contribution >= 0.6 is 12.4 Å². The molecule has 2 amide bonds. The Labute approximate surface area is 221 Å². The fourth-order valence-electron chi connectivity index (χ4n) is 5.27. The highest BCUT2D eigenvalue weighted by atomic mass is 35.5. The van der Waals surface area contributed by atoms with E-state index in [-0.39, 0.29) is 41.6 Å². The lowest BCUT2D eigenvalue weighted by molar-refractivity contribution is -0.128. The van der Waals surface area contributed by atoms with Crippen LogP contribution in [0, 0.1) is 22.7 Å². The van der Waals surface area contributed by atoms with Crippen molar-refractivity contribution < 1.29 is 9.59 Å². The van der Waals surface area contributed by atoms with Crippen molar-refractivity contribution in [3.8, 4) is 6.07 Å². The fourth-order valence-corrected chi connectivity index (χ4v) is 5.27. The Kier molecular flexibility index (Phi) is 9.53. The van der Waals surface area contributed by atoms with E-state index in [0.717, 1.165) is 56.6 Å². The van der Waals surface area contributed by atoms with Crippen LogP contribution in [0.15, 0.2) is 54.6 Å². The van der Waals surface area contributed by atoms with Crippen molar-refractivity contribution in [3.05, 3.63) is 71.3 Å². The van der Waals surface area contributed by atoms with E-state index in [1.807, 2.05) is 61.2 Å². The maximum atomic E-state index is 12.8. The van der Waals surface area contributed by atoms with Gasteiger partial charge in [-0.25, -0.2) is 0 Å². The monoisotopic (exact) mass is 508 g/mol. The lowest BCUT2D eigenvalue weighted by Crippen LogP contribution is -2.43. The molecule has 2 saturated heterocycles. The molecule has 4 rings (SSSR count). The van der Waals surface area contributed by atoms with E-state index in [2.05, 4.69) is 28.4 Å². The molecule has 2 fully saturated rings. The largest absolute Gasteiger partial charge is 0.349 e. The van der Waals surface area contributed by atoms with Crippen molar-refractivity contribution in [2.45, 2.75) is 52.1 Å². The molecule has 36 heavy (non-hydrogen) atoms. The summed E-state index contributed by atoms with van der Waals surface area (Å²) < 4.78 is 0. The Hall–Kier alpha value is -2.88. The Morgan fingerprint density at radius 1 is 1.08 bits per heavy atom. The van der Waals surface area contributed by atoms with Crippen LogP contribution in [0.2, 0.25) is 0 Å². The van der Waals surface area contributed by atoms with Crippen LogP contribution in [0.5, 0.6) is 0 Å². The molecule has 2 aromatic rings. The first-order chi connectivity index (χ1) is 16.9. The minimum atomic E-state index is -0.0387. The van der Waals surface area contributed by atoms with Gasteiger partial charge in [0.05, 0.1) is 17.7 Å². The molecule has 1 atom stereocenters.